The first-order valence-corrected chi connectivity index (χ1v) is 24.7. The van der Waals surface area contributed by atoms with Gasteiger partial charge in [-0.05, 0) is 135 Å². The Bertz CT molecular complexity index is 3310. The highest BCUT2D eigenvalue weighted by molar-refractivity contribution is 7.02. The second kappa shape index (κ2) is 17.1. The molecule has 0 saturated heterocycles. The van der Waals surface area contributed by atoms with Crippen LogP contribution in [0.5, 0.6) is 11.5 Å². The Morgan fingerprint density at radius 3 is 1.39 bits per heavy atom. The molecule has 0 radical (unpaired) electrons. The van der Waals surface area contributed by atoms with Gasteiger partial charge in [0, 0.05) is 51.6 Å². The molecule has 6 heteroatoms. The van der Waals surface area contributed by atoms with Crippen molar-refractivity contribution < 1.29 is 4.74 Å². The molecule has 0 aromatic heterocycles. The number of benzene rings is 9. The van der Waals surface area contributed by atoms with Gasteiger partial charge < -0.3 is 19.4 Å². The average Bonchev–Trinajstić information content (AvgIpc) is 3.38. The SMILES string of the molecule is CC(C)c1cc(C(C)C)c(B2c3ccccc3Oc3cc4c(cc32)B2c3ccccc3N(c3ccccc3)c3cc(N(c5ccccc5)c5ccccc5)cc(c32)N4c2ccccc2)c(C(C)C)c1. The van der Waals surface area contributed by atoms with E-state index in [2.05, 4.69) is 262 Å². The Labute approximate surface area is 408 Å². The third-order valence-corrected chi connectivity index (χ3v) is 14.6. The lowest BCUT2D eigenvalue weighted by Crippen LogP contribution is -2.63. The summed E-state index contributed by atoms with van der Waals surface area (Å²) >= 11 is 0. The minimum absolute atomic E-state index is 0.0374. The molecule has 0 unspecified atom stereocenters. The van der Waals surface area contributed by atoms with Crippen LogP contribution in [0.3, 0.4) is 0 Å². The van der Waals surface area contributed by atoms with E-state index in [-0.39, 0.29) is 13.4 Å². The maximum Gasteiger partial charge on any atom is 0.252 e. The van der Waals surface area contributed by atoms with Gasteiger partial charge in [-0.3, -0.25) is 0 Å². The molecular weight excluding hydrogens is 836 g/mol. The number of anilines is 9. The molecule has 3 aliphatic rings. The molecule has 4 nitrogen and oxygen atoms in total. The van der Waals surface area contributed by atoms with Gasteiger partial charge in [0.2, 0.25) is 0 Å². The molecule has 0 N–H and O–H groups in total. The monoisotopic (exact) mass is 891 g/mol. The maximum absolute atomic E-state index is 7.22. The van der Waals surface area contributed by atoms with Crippen LogP contribution in [0.25, 0.3) is 0 Å². The molecule has 12 rings (SSSR count). The highest BCUT2D eigenvalue weighted by atomic mass is 16.5. The minimum atomic E-state index is -0.0855. The molecule has 9 aromatic carbocycles. The number of hydrogen-bond acceptors (Lipinski definition) is 4. The second-order valence-corrected chi connectivity index (χ2v) is 19.8. The van der Waals surface area contributed by atoms with Crippen LogP contribution in [0.4, 0.5) is 51.2 Å². The molecule has 0 amide bonds. The summed E-state index contributed by atoms with van der Waals surface area (Å²) in [5.74, 6) is 2.89. The van der Waals surface area contributed by atoms with Gasteiger partial charge in [-0.1, -0.05) is 174 Å². The van der Waals surface area contributed by atoms with Crippen LogP contribution in [0.2, 0.25) is 0 Å². The number of hydrogen-bond donors (Lipinski definition) is 0. The van der Waals surface area contributed by atoms with E-state index in [1.165, 1.54) is 55.2 Å². The van der Waals surface area contributed by atoms with Gasteiger partial charge in [0.15, 0.2) is 0 Å². The summed E-state index contributed by atoms with van der Waals surface area (Å²) < 4.78 is 7.22. The summed E-state index contributed by atoms with van der Waals surface area (Å²) in [6.45, 7) is 14.0. The summed E-state index contributed by atoms with van der Waals surface area (Å²) in [7, 11) is 0. The standard InChI is InChI=1S/C63H55B2N3O/c1-41(2)44-35-50(42(3)4)62(51(36-44)43(5)6)65-53-32-20-22-34-60(53)69-61-40-57-54(39-55(61)65)64-52-31-19-21-33-56(52)67(47-27-15-9-16-28-47)58-37-49(38-59(63(58)64)68(57)48-29-17-10-18-30-48)66(45-23-11-7-12-24-45)46-25-13-8-14-26-46/h7-43H,1-6H3. The molecule has 0 bridgehead atoms. The van der Waals surface area contributed by atoms with Crippen LogP contribution in [-0.4, -0.2) is 13.4 Å². The highest BCUT2D eigenvalue weighted by Gasteiger charge is 2.46. The summed E-state index contributed by atoms with van der Waals surface area (Å²) in [5.41, 5.74) is 22.0. The topological polar surface area (TPSA) is 19.0 Å². The molecule has 69 heavy (non-hydrogen) atoms. The quantitative estimate of drug-likeness (QED) is 0.134. The zero-order chi connectivity index (χ0) is 46.9. The van der Waals surface area contributed by atoms with Gasteiger partial charge in [-0.15, -0.1) is 0 Å². The van der Waals surface area contributed by atoms with E-state index in [0.29, 0.717) is 17.8 Å². The zero-order valence-electron chi connectivity index (χ0n) is 40.3. The molecule has 0 atom stereocenters. The number of fused-ring (bicyclic) bond motifs is 6. The van der Waals surface area contributed by atoms with Crippen molar-refractivity contribution >= 4 is 97.4 Å². The van der Waals surface area contributed by atoms with Gasteiger partial charge in [0.05, 0.1) is 5.69 Å². The fourth-order valence-corrected chi connectivity index (χ4v) is 11.5. The Balaban J connectivity index is 1.19. The second-order valence-electron chi connectivity index (χ2n) is 19.8. The Morgan fingerprint density at radius 1 is 0.362 bits per heavy atom. The molecule has 0 fully saturated rings. The summed E-state index contributed by atoms with van der Waals surface area (Å²) in [6.07, 6.45) is 0. The molecule has 0 aliphatic carbocycles. The molecule has 0 saturated carbocycles. The van der Waals surface area contributed by atoms with Crippen LogP contribution in [-0.2, 0) is 0 Å². The van der Waals surface area contributed by atoms with Crippen LogP contribution < -0.4 is 52.2 Å². The normalized spacial score (nSPS) is 13.2. The molecule has 3 aliphatic heterocycles. The molecule has 334 valence electrons. The van der Waals surface area contributed by atoms with Crippen LogP contribution in [0.1, 0.15) is 76.0 Å². The van der Waals surface area contributed by atoms with E-state index in [4.69, 9.17) is 4.74 Å². The molecule has 9 aromatic rings. The van der Waals surface area contributed by atoms with Crippen LogP contribution >= 0.6 is 0 Å². The highest BCUT2D eigenvalue weighted by Crippen LogP contribution is 2.48. The number of ether oxygens (including phenoxy) is 1. The van der Waals surface area contributed by atoms with Gasteiger partial charge >= 0.3 is 0 Å². The molecular formula is C63H55B2N3O. The van der Waals surface area contributed by atoms with Crippen molar-refractivity contribution in [3.05, 3.63) is 223 Å². The van der Waals surface area contributed by atoms with Crippen molar-refractivity contribution in [2.24, 2.45) is 0 Å². The predicted molar refractivity (Wildman–Crippen MR) is 295 cm³/mol. The fraction of sp³-hybridized carbons (Fsp3) is 0.143. The van der Waals surface area contributed by atoms with Gasteiger partial charge in [-0.25, -0.2) is 0 Å². The average molecular weight is 892 g/mol. The largest absolute Gasteiger partial charge is 0.458 e. The Hall–Kier alpha value is -7.69. The zero-order valence-corrected chi connectivity index (χ0v) is 40.3. The van der Waals surface area contributed by atoms with E-state index in [1.807, 2.05) is 0 Å². The summed E-state index contributed by atoms with van der Waals surface area (Å²) in [5, 5.41) is 0. The molecule has 3 heterocycles. The lowest BCUT2D eigenvalue weighted by molar-refractivity contribution is 0.487. The number of rotatable bonds is 9. The fourth-order valence-electron chi connectivity index (χ4n) is 11.5. The first kappa shape index (κ1) is 42.6. The van der Waals surface area contributed by atoms with Crippen molar-refractivity contribution in [3.8, 4) is 11.5 Å². The number of para-hydroxylation sites is 6. The first-order chi connectivity index (χ1) is 33.7. The van der Waals surface area contributed by atoms with Gasteiger partial charge in [0.25, 0.3) is 13.4 Å². The van der Waals surface area contributed by atoms with Crippen LogP contribution in [0, 0.1) is 0 Å². The maximum atomic E-state index is 7.22. The van der Waals surface area contributed by atoms with E-state index >= 15 is 0 Å². The minimum Gasteiger partial charge on any atom is -0.458 e. The lowest BCUT2D eigenvalue weighted by Gasteiger charge is -2.45. The van der Waals surface area contributed by atoms with E-state index in [9.17, 15) is 0 Å². The van der Waals surface area contributed by atoms with E-state index in [1.54, 1.807) is 0 Å². The van der Waals surface area contributed by atoms with Gasteiger partial charge in [-0.2, -0.15) is 0 Å². The Morgan fingerprint density at radius 2 is 0.841 bits per heavy atom. The van der Waals surface area contributed by atoms with Crippen LogP contribution in [0.15, 0.2) is 206 Å². The smallest absolute Gasteiger partial charge is 0.252 e. The van der Waals surface area contributed by atoms with E-state index < -0.39 is 0 Å². The van der Waals surface area contributed by atoms with Crippen molar-refractivity contribution in [2.45, 2.75) is 59.3 Å². The lowest BCUT2D eigenvalue weighted by atomic mass is 9.30. The van der Waals surface area contributed by atoms with Crippen molar-refractivity contribution in [3.63, 3.8) is 0 Å². The number of nitrogens with zero attached hydrogens (tertiary/aromatic N) is 3. The van der Waals surface area contributed by atoms with Crippen molar-refractivity contribution in [1.29, 1.82) is 0 Å². The molecule has 0 spiro atoms. The predicted octanol–water partition coefficient (Wildman–Crippen LogP) is 13.2. The van der Waals surface area contributed by atoms with Gasteiger partial charge in [0.1, 0.15) is 11.5 Å². The third-order valence-electron chi connectivity index (χ3n) is 14.6. The van der Waals surface area contributed by atoms with Crippen molar-refractivity contribution in [1.82, 2.24) is 0 Å². The van der Waals surface area contributed by atoms with Crippen molar-refractivity contribution in [2.75, 3.05) is 14.7 Å². The summed E-state index contributed by atoms with van der Waals surface area (Å²) in [4.78, 5) is 7.40. The Kier molecular flexibility index (Phi) is 10.6. The van der Waals surface area contributed by atoms with E-state index in [0.717, 1.165) is 57.0 Å². The summed E-state index contributed by atoms with van der Waals surface area (Å²) in [6, 6.07) is 76.0. The first-order valence-electron chi connectivity index (χ1n) is 24.7. The third kappa shape index (κ3) is 7.07.